The number of aromatic nitrogens is 3. The summed E-state index contributed by atoms with van der Waals surface area (Å²) >= 11 is 0. The Labute approximate surface area is 190 Å². The van der Waals surface area contributed by atoms with Crippen molar-refractivity contribution in [2.45, 2.75) is 57.7 Å². The summed E-state index contributed by atoms with van der Waals surface area (Å²) in [6.45, 7) is 1.79. The molecule has 9 nitrogen and oxygen atoms in total. The molecule has 2 N–H and O–H groups in total. The zero-order chi connectivity index (χ0) is 20.1. The van der Waals surface area contributed by atoms with Crippen LogP contribution in [-0.4, -0.2) is 72.4 Å². The van der Waals surface area contributed by atoms with E-state index in [0.29, 0.717) is 13.2 Å². The van der Waals surface area contributed by atoms with Crippen LogP contribution in [-0.2, 0) is 29.1 Å². The molecule has 0 aromatic carbocycles. The fourth-order valence-electron chi connectivity index (χ4n) is 4.30. The third-order valence-electron chi connectivity index (χ3n) is 5.75. The van der Waals surface area contributed by atoms with Crippen LogP contribution in [0.2, 0.25) is 0 Å². The zero-order valence-corrected chi connectivity index (χ0v) is 20.2. The number of aryl methyl sites for hydroxylation is 1. The number of ether oxygens (including phenoxy) is 1. The highest BCUT2D eigenvalue weighted by Crippen LogP contribution is 2.38. The molecule has 3 rings (SSSR count). The van der Waals surface area contributed by atoms with Gasteiger partial charge in [-0.2, -0.15) is 5.10 Å². The second kappa shape index (κ2) is 10.6. The van der Waals surface area contributed by atoms with Gasteiger partial charge in [-0.1, -0.05) is 12.8 Å². The Bertz CT molecular complexity index is 713. The molecule has 1 saturated carbocycles. The average molecular weight is 519 g/mol. The van der Waals surface area contributed by atoms with Crippen molar-refractivity contribution in [3.05, 3.63) is 11.6 Å². The molecule has 2 aliphatic rings. The number of fused-ring (bicyclic) bond motifs is 1. The second-order valence-electron chi connectivity index (χ2n) is 8.05. The summed E-state index contributed by atoms with van der Waals surface area (Å²) in [4.78, 5) is 23.4. The number of guanidine groups is 1. The van der Waals surface area contributed by atoms with Gasteiger partial charge in [-0.05, 0) is 19.3 Å². The van der Waals surface area contributed by atoms with Crippen LogP contribution < -0.4 is 10.6 Å². The number of carbonyl (C=O) groups excluding carboxylic acids is 1. The van der Waals surface area contributed by atoms with E-state index in [1.54, 1.807) is 19.1 Å². The lowest BCUT2D eigenvalue weighted by molar-refractivity contribution is -0.138. The van der Waals surface area contributed by atoms with Gasteiger partial charge in [-0.3, -0.25) is 9.79 Å². The average Bonchev–Trinajstić information content (AvgIpc) is 3.31. The molecule has 0 radical (unpaired) electrons. The summed E-state index contributed by atoms with van der Waals surface area (Å²) < 4.78 is 7.08. The Morgan fingerprint density at radius 2 is 2.10 bits per heavy atom. The number of hydrogen-bond donors (Lipinski definition) is 2. The van der Waals surface area contributed by atoms with Crippen molar-refractivity contribution in [3.8, 4) is 0 Å². The Morgan fingerprint density at radius 1 is 1.38 bits per heavy atom. The van der Waals surface area contributed by atoms with Gasteiger partial charge in [0.25, 0.3) is 0 Å². The summed E-state index contributed by atoms with van der Waals surface area (Å²) in [5.41, 5.74) is -0.318. The van der Waals surface area contributed by atoms with Crippen LogP contribution >= 0.6 is 24.0 Å². The van der Waals surface area contributed by atoms with Gasteiger partial charge in [0.1, 0.15) is 12.4 Å². The zero-order valence-electron chi connectivity index (χ0n) is 17.9. The molecule has 1 aromatic heterocycles. The number of aliphatic imine (C=N–C) groups is 1. The summed E-state index contributed by atoms with van der Waals surface area (Å²) in [5, 5.41) is 11.4. The first-order valence-electron chi connectivity index (χ1n) is 10.1. The predicted octanol–water partition coefficient (Wildman–Crippen LogP) is 1.17. The van der Waals surface area contributed by atoms with Gasteiger partial charge in [-0.25, -0.2) is 9.67 Å². The van der Waals surface area contributed by atoms with Crippen molar-refractivity contribution in [3.63, 3.8) is 0 Å². The highest BCUT2D eigenvalue weighted by atomic mass is 127. The van der Waals surface area contributed by atoms with E-state index < -0.39 is 0 Å². The number of nitrogens with zero attached hydrogens (tertiary/aromatic N) is 5. The molecule has 1 unspecified atom stereocenters. The third-order valence-corrected chi connectivity index (χ3v) is 5.75. The van der Waals surface area contributed by atoms with E-state index in [2.05, 4.69) is 25.7 Å². The summed E-state index contributed by atoms with van der Waals surface area (Å²) in [7, 11) is 7.10. The van der Waals surface area contributed by atoms with Gasteiger partial charge in [0, 0.05) is 47.3 Å². The topological polar surface area (TPSA) is 96.7 Å². The fourth-order valence-corrected chi connectivity index (χ4v) is 4.30. The number of amides is 1. The minimum Gasteiger partial charge on any atom is -0.377 e. The third kappa shape index (κ3) is 5.59. The number of nitrogens with one attached hydrogen (secondary N) is 2. The number of hydrogen-bond acceptors (Lipinski definition) is 5. The first-order valence-corrected chi connectivity index (χ1v) is 10.1. The number of rotatable bonds is 6. The SMILES string of the molecule is CN=C(NCC1(C(=O)N(C)C)CCCC1)NC1CCc2nc(COC)nn2C1.I. The van der Waals surface area contributed by atoms with Crippen LogP contribution in [0.5, 0.6) is 0 Å². The predicted molar refractivity (Wildman–Crippen MR) is 122 cm³/mol. The van der Waals surface area contributed by atoms with Crippen molar-refractivity contribution in [2.75, 3.05) is 34.8 Å². The van der Waals surface area contributed by atoms with Crippen molar-refractivity contribution >= 4 is 35.8 Å². The van der Waals surface area contributed by atoms with Crippen molar-refractivity contribution in [1.29, 1.82) is 0 Å². The first-order chi connectivity index (χ1) is 13.5. The molecule has 29 heavy (non-hydrogen) atoms. The highest BCUT2D eigenvalue weighted by molar-refractivity contribution is 14.0. The Balaban J connectivity index is 0.00000300. The molecule has 1 amide bonds. The largest absolute Gasteiger partial charge is 0.377 e. The van der Waals surface area contributed by atoms with E-state index in [9.17, 15) is 4.79 Å². The molecule has 1 aliphatic heterocycles. The van der Waals surface area contributed by atoms with E-state index in [-0.39, 0.29) is 41.3 Å². The standard InChI is InChI=1S/C19H33N7O2.HI/c1-20-18(21-13-19(9-5-6-10-19)17(27)25(2)3)22-14-7-8-16-23-15(12-28-4)24-26(16)11-14;/h14H,5-13H2,1-4H3,(H2,20,21,22);1H. The van der Waals surface area contributed by atoms with E-state index in [1.807, 2.05) is 18.8 Å². The van der Waals surface area contributed by atoms with Crippen molar-refractivity contribution in [1.82, 2.24) is 30.3 Å². The van der Waals surface area contributed by atoms with Crippen LogP contribution in [0.3, 0.4) is 0 Å². The molecule has 1 aromatic rings. The molecular formula is C19H34IN7O2. The lowest BCUT2D eigenvalue weighted by atomic mass is 9.84. The number of carbonyl (C=O) groups is 1. The molecule has 10 heteroatoms. The molecule has 1 fully saturated rings. The molecule has 164 valence electrons. The first kappa shape index (κ1) is 23.8. The van der Waals surface area contributed by atoms with E-state index in [4.69, 9.17) is 4.74 Å². The fraction of sp³-hybridized carbons (Fsp3) is 0.789. The van der Waals surface area contributed by atoms with Gasteiger partial charge < -0.3 is 20.3 Å². The Kier molecular flexibility index (Phi) is 8.68. The summed E-state index contributed by atoms with van der Waals surface area (Å²) in [5.74, 6) is 2.69. The maximum absolute atomic E-state index is 12.7. The maximum Gasteiger partial charge on any atom is 0.230 e. The van der Waals surface area contributed by atoms with Crippen LogP contribution in [0.25, 0.3) is 0 Å². The van der Waals surface area contributed by atoms with Gasteiger partial charge in [0.05, 0.1) is 12.0 Å². The van der Waals surface area contributed by atoms with Crippen LogP contribution in [0.15, 0.2) is 4.99 Å². The van der Waals surface area contributed by atoms with Crippen molar-refractivity contribution < 1.29 is 9.53 Å². The molecule has 0 spiro atoms. The van der Waals surface area contributed by atoms with E-state index in [0.717, 1.165) is 62.7 Å². The molecular weight excluding hydrogens is 485 g/mol. The van der Waals surface area contributed by atoms with Crippen LogP contribution in [0.4, 0.5) is 0 Å². The minimum atomic E-state index is -0.318. The van der Waals surface area contributed by atoms with E-state index in [1.165, 1.54) is 0 Å². The van der Waals surface area contributed by atoms with Gasteiger partial charge in [0.15, 0.2) is 11.8 Å². The summed E-state index contributed by atoms with van der Waals surface area (Å²) in [6.07, 6.45) is 5.91. The van der Waals surface area contributed by atoms with Crippen molar-refractivity contribution in [2.24, 2.45) is 10.4 Å². The molecule has 1 atom stereocenters. The molecule has 2 heterocycles. The number of halogens is 1. The lowest BCUT2D eigenvalue weighted by Crippen LogP contribution is -2.52. The van der Waals surface area contributed by atoms with Gasteiger partial charge in [-0.15, -0.1) is 24.0 Å². The number of methoxy groups -OCH3 is 1. The normalized spacial score (nSPS) is 20.6. The molecule has 0 bridgehead atoms. The smallest absolute Gasteiger partial charge is 0.230 e. The maximum atomic E-state index is 12.7. The quantitative estimate of drug-likeness (QED) is 0.333. The second-order valence-corrected chi connectivity index (χ2v) is 8.05. The van der Waals surface area contributed by atoms with Gasteiger partial charge >= 0.3 is 0 Å². The van der Waals surface area contributed by atoms with Gasteiger partial charge in [0.2, 0.25) is 5.91 Å². The minimum absolute atomic E-state index is 0. The lowest BCUT2D eigenvalue weighted by Gasteiger charge is -2.32. The highest BCUT2D eigenvalue weighted by Gasteiger charge is 2.42. The Hall–Kier alpha value is -1.43. The van der Waals surface area contributed by atoms with Crippen LogP contribution in [0.1, 0.15) is 43.8 Å². The van der Waals surface area contributed by atoms with E-state index >= 15 is 0 Å². The Morgan fingerprint density at radius 3 is 2.72 bits per heavy atom. The molecule has 1 aliphatic carbocycles. The summed E-state index contributed by atoms with van der Waals surface area (Å²) in [6, 6.07) is 0.222. The molecule has 0 saturated heterocycles. The monoisotopic (exact) mass is 519 g/mol. The van der Waals surface area contributed by atoms with Crippen LogP contribution in [0, 0.1) is 5.41 Å².